The molecule has 2 N–H and O–H groups in total. The first-order chi connectivity index (χ1) is 9.43. The predicted molar refractivity (Wildman–Crippen MR) is 63.7 cm³/mol. The minimum absolute atomic E-state index is 0.180. The highest BCUT2D eigenvalue weighted by Crippen LogP contribution is 2.29. The Hall–Kier alpha value is -2.58. The first kappa shape index (κ1) is 12.5. The molecule has 0 atom stereocenters. The Morgan fingerprint density at radius 3 is 2.60 bits per heavy atom. The maximum absolute atomic E-state index is 12.7. The molecule has 0 saturated heterocycles. The van der Waals surface area contributed by atoms with E-state index in [1.165, 1.54) is 21.3 Å². The van der Waals surface area contributed by atoms with E-state index in [9.17, 15) is 13.2 Å². The summed E-state index contributed by atoms with van der Waals surface area (Å²) >= 11 is 0. The number of fused-ring (bicyclic) bond motifs is 1. The van der Waals surface area contributed by atoms with Gasteiger partial charge in [0.25, 0.3) is 0 Å². The summed E-state index contributed by atoms with van der Waals surface area (Å²) in [6.07, 6.45) is -0.428. The number of halogens is 3. The largest absolute Gasteiger partial charge is 0.417 e. The fraction of sp³-hybridized carbons (Fsp3) is 0.182. The average molecular weight is 282 g/mol. The highest BCUT2D eigenvalue weighted by Gasteiger charge is 2.31. The van der Waals surface area contributed by atoms with Crippen molar-refractivity contribution < 1.29 is 13.2 Å². The highest BCUT2D eigenvalue weighted by atomic mass is 19.4. The van der Waals surface area contributed by atoms with Crippen LogP contribution in [0.3, 0.4) is 0 Å². The van der Waals surface area contributed by atoms with E-state index in [1.807, 2.05) is 0 Å². The van der Waals surface area contributed by atoms with E-state index < -0.39 is 11.7 Å². The first-order valence-corrected chi connectivity index (χ1v) is 5.62. The van der Waals surface area contributed by atoms with Gasteiger partial charge in [-0.15, -0.1) is 10.2 Å². The number of alkyl halides is 3. The van der Waals surface area contributed by atoms with E-state index >= 15 is 0 Å². The molecule has 0 amide bonds. The van der Waals surface area contributed by atoms with E-state index in [-0.39, 0.29) is 6.54 Å². The molecule has 0 saturated carbocycles. The van der Waals surface area contributed by atoms with Crippen LogP contribution in [0.15, 0.2) is 30.7 Å². The maximum atomic E-state index is 12.7. The minimum atomic E-state index is -4.41. The molecule has 104 valence electrons. The molecule has 20 heavy (non-hydrogen) atoms. The summed E-state index contributed by atoms with van der Waals surface area (Å²) in [6.45, 7) is 0.180. The van der Waals surface area contributed by atoms with Crippen molar-refractivity contribution in [2.24, 2.45) is 0 Å². The van der Waals surface area contributed by atoms with Gasteiger partial charge in [0.2, 0.25) is 0 Å². The van der Waals surface area contributed by atoms with E-state index in [0.29, 0.717) is 17.2 Å². The Kier molecular flexibility index (Phi) is 2.63. The molecule has 0 aromatic carbocycles. The number of nitrogens with zero attached hydrogens (tertiary/aromatic N) is 5. The Bertz CT molecular complexity index is 757. The maximum Gasteiger partial charge on any atom is 0.417 e. The molecule has 0 bridgehead atoms. The smallest absolute Gasteiger partial charge is 0.396 e. The van der Waals surface area contributed by atoms with E-state index in [0.717, 1.165) is 12.3 Å². The van der Waals surface area contributed by atoms with Gasteiger partial charge in [-0.05, 0) is 12.1 Å². The molecular formula is C11H9F3N6. The zero-order valence-electron chi connectivity index (χ0n) is 10.0. The monoisotopic (exact) mass is 282 g/mol. The third kappa shape index (κ3) is 2.17. The van der Waals surface area contributed by atoms with Crippen LogP contribution in [0, 0.1) is 0 Å². The third-order valence-electron chi connectivity index (χ3n) is 2.76. The van der Waals surface area contributed by atoms with Crippen LogP contribution in [0.5, 0.6) is 0 Å². The molecule has 0 aliphatic heterocycles. The lowest BCUT2D eigenvalue weighted by Crippen LogP contribution is -2.09. The molecule has 6 nitrogen and oxygen atoms in total. The van der Waals surface area contributed by atoms with Crippen molar-refractivity contribution in [2.75, 3.05) is 5.73 Å². The lowest BCUT2D eigenvalue weighted by Gasteiger charge is -2.07. The first-order valence-electron chi connectivity index (χ1n) is 5.62. The SMILES string of the molecule is Nc1cnn(Cc2nnc3ccc(C(F)(F)F)cn23)c1. The van der Waals surface area contributed by atoms with Crippen molar-refractivity contribution in [3.63, 3.8) is 0 Å². The standard InChI is InChI=1S/C11H9F3N6/c12-11(13,14)7-1-2-9-17-18-10(20(9)4-7)6-19-5-8(15)3-16-19/h1-5H,6,15H2. The zero-order chi connectivity index (χ0) is 14.3. The van der Waals surface area contributed by atoms with Gasteiger partial charge in [-0.3, -0.25) is 9.08 Å². The van der Waals surface area contributed by atoms with Gasteiger partial charge in [0, 0.05) is 12.4 Å². The van der Waals surface area contributed by atoms with Crippen LogP contribution in [0.25, 0.3) is 5.65 Å². The van der Waals surface area contributed by atoms with Crippen LogP contribution >= 0.6 is 0 Å². The van der Waals surface area contributed by atoms with Crippen molar-refractivity contribution >= 4 is 11.3 Å². The van der Waals surface area contributed by atoms with Crippen LogP contribution in [-0.2, 0) is 12.7 Å². The van der Waals surface area contributed by atoms with Gasteiger partial charge >= 0.3 is 6.18 Å². The van der Waals surface area contributed by atoms with Crippen molar-refractivity contribution in [1.82, 2.24) is 24.4 Å². The number of nitrogen functional groups attached to an aromatic ring is 1. The molecule has 3 rings (SSSR count). The molecule has 0 fully saturated rings. The summed E-state index contributed by atoms with van der Waals surface area (Å²) in [7, 11) is 0. The van der Waals surface area contributed by atoms with Crippen LogP contribution < -0.4 is 5.73 Å². The normalized spacial score (nSPS) is 12.2. The summed E-state index contributed by atoms with van der Waals surface area (Å²) in [4.78, 5) is 0. The third-order valence-corrected chi connectivity index (χ3v) is 2.76. The minimum Gasteiger partial charge on any atom is -0.396 e. The zero-order valence-corrected chi connectivity index (χ0v) is 10.0. The number of aromatic nitrogens is 5. The second-order valence-corrected chi connectivity index (χ2v) is 4.23. The van der Waals surface area contributed by atoms with Gasteiger partial charge in [0.05, 0.1) is 17.4 Å². The van der Waals surface area contributed by atoms with Crippen molar-refractivity contribution in [2.45, 2.75) is 12.7 Å². The quantitative estimate of drug-likeness (QED) is 0.774. The van der Waals surface area contributed by atoms with Gasteiger partial charge in [-0.25, -0.2) is 0 Å². The van der Waals surface area contributed by atoms with Gasteiger partial charge in [-0.2, -0.15) is 18.3 Å². The molecule has 0 aliphatic rings. The number of hydrogen-bond acceptors (Lipinski definition) is 4. The lowest BCUT2D eigenvalue weighted by atomic mass is 10.3. The van der Waals surface area contributed by atoms with Crippen molar-refractivity contribution in [1.29, 1.82) is 0 Å². The summed E-state index contributed by atoms with van der Waals surface area (Å²) in [5.41, 5.74) is 5.58. The summed E-state index contributed by atoms with van der Waals surface area (Å²) in [6, 6.07) is 2.25. The topological polar surface area (TPSA) is 74.0 Å². The molecule has 0 aliphatic carbocycles. The molecule has 0 radical (unpaired) electrons. The van der Waals surface area contributed by atoms with Gasteiger partial charge in [-0.1, -0.05) is 0 Å². The fourth-order valence-electron chi connectivity index (χ4n) is 1.82. The Morgan fingerprint density at radius 2 is 1.95 bits per heavy atom. The lowest BCUT2D eigenvalue weighted by molar-refractivity contribution is -0.137. The van der Waals surface area contributed by atoms with Gasteiger partial charge in [0.15, 0.2) is 11.5 Å². The number of anilines is 1. The highest BCUT2D eigenvalue weighted by molar-refractivity contribution is 5.40. The van der Waals surface area contributed by atoms with Crippen LogP contribution in [0.2, 0.25) is 0 Å². The van der Waals surface area contributed by atoms with Crippen LogP contribution in [-0.4, -0.2) is 24.4 Å². The second-order valence-electron chi connectivity index (χ2n) is 4.23. The molecule has 3 aromatic heterocycles. The van der Waals surface area contributed by atoms with Gasteiger partial charge in [0.1, 0.15) is 6.54 Å². The number of pyridine rings is 1. The summed E-state index contributed by atoms with van der Waals surface area (Å²) < 4.78 is 40.9. The summed E-state index contributed by atoms with van der Waals surface area (Å²) in [5.74, 6) is 0.342. The van der Waals surface area contributed by atoms with Crippen LogP contribution in [0.4, 0.5) is 18.9 Å². The second kappa shape index (κ2) is 4.22. The number of hydrogen-bond donors (Lipinski definition) is 1. The van der Waals surface area contributed by atoms with E-state index in [1.54, 1.807) is 6.20 Å². The average Bonchev–Trinajstić information content (AvgIpc) is 2.95. The van der Waals surface area contributed by atoms with E-state index in [2.05, 4.69) is 15.3 Å². The molecule has 0 spiro atoms. The molecule has 0 unspecified atom stereocenters. The molecular weight excluding hydrogens is 273 g/mol. The van der Waals surface area contributed by atoms with E-state index in [4.69, 9.17) is 5.73 Å². The van der Waals surface area contributed by atoms with Crippen LogP contribution in [0.1, 0.15) is 11.4 Å². The van der Waals surface area contributed by atoms with Gasteiger partial charge < -0.3 is 5.73 Å². The molecule has 3 aromatic rings. The predicted octanol–water partition coefficient (Wildman–Crippen LogP) is 1.58. The summed E-state index contributed by atoms with van der Waals surface area (Å²) in [5, 5.41) is 11.6. The van der Waals surface area contributed by atoms with Crippen molar-refractivity contribution in [3.05, 3.63) is 42.1 Å². The number of nitrogens with two attached hydrogens (primary N) is 1. The Labute approximate surface area is 110 Å². The Balaban J connectivity index is 2.03. The van der Waals surface area contributed by atoms with Crippen molar-refractivity contribution in [3.8, 4) is 0 Å². The number of rotatable bonds is 2. The molecule has 9 heteroatoms. The fourth-order valence-corrected chi connectivity index (χ4v) is 1.82. The Morgan fingerprint density at radius 1 is 1.15 bits per heavy atom. The molecule has 3 heterocycles.